The molecule has 0 N–H and O–H groups in total. The third-order valence-corrected chi connectivity index (χ3v) is 4.37. The van der Waals surface area contributed by atoms with Crippen LogP contribution < -0.4 is 0 Å². The zero-order valence-electron chi connectivity index (χ0n) is 15.1. The van der Waals surface area contributed by atoms with E-state index in [0.717, 1.165) is 12.8 Å². The summed E-state index contributed by atoms with van der Waals surface area (Å²) in [5.41, 5.74) is 8.71. The Hall–Kier alpha value is -1.56. The Bertz CT molecular complexity index is 642. The summed E-state index contributed by atoms with van der Waals surface area (Å²) in [7, 11) is 0. The molecule has 0 nitrogen and oxygen atoms in total. The van der Waals surface area contributed by atoms with Crippen molar-refractivity contribution in [3.05, 3.63) is 58.7 Å². The molecule has 0 bridgehead atoms. The van der Waals surface area contributed by atoms with Crippen molar-refractivity contribution >= 4 is 0 Å². The van der Waals surface area contributed by atoms with Crippen molar-refractivity contribution in [3.63, 3.8) is 0 Å². The van der Waals surface area contributed by atoms with Crippen molar-refractivity contribution in [2.24, 2.45) is 0 Å². The van der Waals surface area contributed by atoms with Gasteiger partial charge in [0.15, 0.2) is 0 Å². The molecule has 22 heavy (non-hydrogen) atoms. The standard InChI is InChI=1S/C22H30/c1-7-9-17-11-12-18(8-2)19(15-17)20-14-16(3)10-13-21(20)22(4,5)6/h10-15H,7-9H2,1-6H3. The van der Waals surface area contributed by atoms with Crippen LogP contribution >= 0.6 is 0 Å². The summed E-state index contributed by atoms with van der Waals surface area (Å²) >= 11 is 0. The van der Waals surface area contributed by atoms with E-state index in [0.29, 0.717) is 0 Å². The van der Waals surface area contributed by atoms with Gasteiger partial charge in [0.2, 0.25) is 0 Å². The number of rotatable bonds is 4. The van der Waals surface area contributed by atoms with Crippen molar-refractivity contribution in [1.29, 1.82) is 0 Å². The van der Waals surface area contributed by atoms with E-state index >= 15 is 0 Å². The fraction of sp³-hybridized carbons (Fsp3) is 0.455. The van der Waals surface area contributed by atoms with Gasteiger partial charge < -0.3 is 0 Å². The average molecular weight is 294 g/mol. The number of aryl methyl sites for hydroxylation is 3. The summed E-state index contributed by atoms with van der Waals surface area (Å²) < 4.78 is 0. The Kier molecular flexibility index (Phi) is 5.11. The predicted molar refractivity (Wildman–Crippen MR) is 98.7 cm³/mol. The van der Waals surface area contributed by atoms with Gasteiger partial charge in [-0.25, -0.2) is 0 Å². The van der Waals surface area contributed by atoms with Crippen molar-refractivity contribution in [2.75, 3.05) is 0 Å². The SMILES string of the molecule is CCCc1ccc(CC)c(-c2cc(C)ccc2C(C)(C)C)c1. The molecule has 0 saturated heterocycles. The van der Waals surface area contributed by atoms with Gasteiger partial charge in [-0.15, -0.1) is 0 Å². The second kappa shape index (κ2) is 6.69. The molecule has 0 fully saturated rings. The molecule has 2 rings (SSSR count). The summed E-state index contributed by atoms with van der Waals surface area (Å²) in [6, 6.07) is 14.0. The zero-order valence-corrected chi connectivity index (χ0v) is 15.1. The van der Waals surface area contributed by atoms with Crippen LogP contribution in [0.15, 0.2) is 36.4 Å². The van der Waals surface area contributed by atoms with Gasteiger partial charge in [-0.2, -0.15) is 0 Å². The van der Waals surface area contributed by atoms with Gasteiger partial charge in [0.25, 0.3) is 0 Å². The molecule has 0 aliphatic carbocycles. The van der Waals surface area contributed by atoms with Gasteiger partial charge in [-0.1, -0.05) is 83.0 Å². The van der Waals surface area contributed by atoms with E-state index in [1.165, 1.54) is 39.8 Å². The van der Waals surface area contributed by atoms with Crippen LogP contribution in [0.5, 0.6) is 0 Å². The molecule has 0 spiro atoms. The molecule has 2 aromatic rings. The summed E-state index contributed by atoms with van der Waals surface area (Å²) in [5, 5.41) is 0. The van der Waals surface area contributed by atoms with E-state index in [9.17, 15) is 0 Å². The Balaban J connectivity index is 2.69. The summed E-state index contributed by atoms with van der Waals surface area (Å²) in [5.74, 6) is 0. The van der Waals surface area contributed by atoms with Gasteiger partial charge in [-0.3, -0.25) is 0 Å². The van der Waals surface area contributed by atoms with E-state index in [2.05, 4.69) is 77.9 Å². The summed E-state index contributed by atoms with van der Waals surface area (Å²) in [6.07, 6.45) is 3.44. The molecular formula is C22H30. The van der Waals surface area contributed by atoms with Gasteiger partial charge in [0, 0.05) is 0 Å². The van der Waals surface area contributed by atoms with Crippen LogP contribution in [0.3, 0.4) is 0 Å². The monoisotopic (exact) mass is 294 g/mol. The second-order valence-corrected chi connectivity index (χ2v) is 7.39. The van der Waals surface area contributed by atoms with E-state index in [1.807, 2.05) is 0 Å². The lowest BCUT2D eigenvalue weighted by atomic mass is 9.80. The Morgan fingerprint density at radius 2 is 1.59 bits per heavy atom. The lowest BCUT2D eigenvalue weighted by molar-refractivity contribution is 0.592. The minimum Gasteiger partial charge on any atom is -0.0651 e. The molecule has 0 heterocycles. The normalized spacial score (nSPS) is 11.7. The maximum Gasteiger partial charge on any atom is -0.0126 e. The molecular weight excluding hydrogens is 264 g/mol. The highest BCUT2D eigenvalue weighted by Gasteiger charge is 2.20. The maximum atomic E-state index is 2.42. The van der Waals surface area contributed by atoms with Crippen LogP contribution in [0.4, 0.5) is 0 Å². The lowest BCUT2D eigenvalue weighted by Gasteiger charge is -2.25. The quantitative estimate of drug-likeness (QED) is 0.606. The van der Waals surface area contributed by atoms with Crippen LogP contribution in [0.2, 0.25) is 0 Å². The van der Waals surface area contributed by atoms with Gasteiger partial charge in [0.1, 0.15) is 0 Å². The first kappa shape index (κ1) is 16.8. The van der Waals surface area contributed by atoms with Crippen molar-refractivity contribution < 1.29 is 0 Å². The molecule has 0 radical (unpaired) electrons. The van der Waals surface area contributed by atoms with E-state index in [-0.39, 0.29) is 5.41 Å². The van der Waals surface area contributed by atoms with Gasteiger partial charge >= 0.3 is 0 Å². The first-order chi connectivity index (χ1) is 10.4. The highest BCUT2D eigenvalue weighted by atomic mass is 14.2. The average Bonchev–Trinajstić information content (AvgIpc) is 2.46. The van der Waals surface area contributed by atoms with Crippen LogP contribution in [-0.2, 0) is 18.3 Å². The minimum atomic E-state index is 0.162. The molecule has 118 valence electrons. The summed E-state index contributed by atoms with van der Waals surface area (Å²) in [6.45, 7) is 13.6. The van der Waals surface area contributed by atoms with Crippen molar-refractivity contribution in [2.45, 2.75) is 66.2 Å². The molecule has 0 unspecified atom stereocenters. The third-order valence-electron chi connectivity index (χ3n) is 4.37. The zero-order chi connectivity index (χ0) is 16.3. The molecule has 2 aromatic carbocycles. The third kappa shape index (κ3) is 3.61. The van der Waals surface area contributed by atoms with Crippen LogP contribution in [0.1, 0.15) is 63.3 Å². The van der Waals surface area contributed by atoms with E-state index in [1.54, 1.807) is 0 Å². The summed E-state index contributed by atoms with van der Waals surface area (Å²) in [4.78, 5) is 0. The van der Waals surface area contributed by atoms with Crippen molar-refractivity contribution in [1.82, 2.24) is 0 Å². The van der Waals surface area contributed by atoms with Crippen LogP contribution in [0, 0.1) is 6.92 Å². The predicted octanol–water partition coefficient (Wildman–Crippen LogP) is 6.47. The number of hydrogen-bond acceptors (Lipinski definition) is 0. The Morgan fingerprint density at radius 1 is 0.864 bits per heavy atom. The first-order valence-electron chi connectivity index (χ1n) is 8.60. The first-order valence-corrected chi connectivity index (χ1v) is 8.60. The molecule has 0 aliphatic heterocycles. The van der Waals surface area contributed by atoms with Gasteiger partial charge in [-0.05, 0) is 53.0 Å². The lowest BCUT2D eigenvalue weighted by Crippen LogP contribution is -2.13. The molecule has 0 saturated carbocycles. The highest BCUT2D eigenvalue weighted by Crippen LogP contribution is 2.36. The van der Waals surface area contributed by atoms with Gasteiger partial charge in [0.05, 0.1) is 0 Å². The largest absolute Gasteiger partial charge is 0.0651 e. The molecule has 0 aliphatic rings. The smallest absolute Gasteiger partial charge is 0.0126 e. The number of hydrogen-bond donors (Lipinski definition) is 0. The van der Waals surface area contributed by atoms with Crippen LogP contribution in [-0.4, -0.2) is 0 Å². The number of benzene rings is 2. The van der Waals surface area contributed by atoms with Crippen LogP contribution in [0.25, 0.3) is 11.1 Å². The molecule has 0 amide bonds. The molecule has 0 heteroatoms. The Labute approximate surface area is 136 Å². The fourth-order valence-corrected chi connectivity index (χ4v) is 3.16. The molecule has 0 aromatic heterocycles. The Morgan fingerprint density at radius 3 is 2.18 bits per heavy atom. The minimum absolute atomic E-state index is 0.162. The highest BCUT2D eigenvalue weighted by molar-refractivity contribution is 5.73. The van der Waals surface area contributed by atoms with E-state index < -0.39 is 0 Å². The second-order valence-electron chi connectivity index (χ2n) is 7.39. The maximum absolute atomic E-state index is 2.42. The van der Waals surface area contributed by atoms with E-state index in [4.69, 9.17) is 0 Å². The topological polar surface area (TPSA) is 0 Å². The van der Waals surface area contributed by atoms with Crippen molar-refractivity contribution in [3.8, 4) is 11.1 Å². The fourth-order valence-electron chi connectivity index (χ4n) is 3.16. The molecule has 0 atom stereocenters.